The van der Waals surface area contributed by atoms with E-state index in [9.17, 15) is 9.59 Å². The molecule has 39 heavy (non-hydrogen) atoms. The van der Waals surface area contributed by atoms with Crippen LogP contribution < -0.4 is 14.4 Å². The number of ether oxygens (including phenoxy) is 2. The van der Waals surface area contributed by atoms with E-state index in [1.165, 1.54) is 23.9 Å². The summed E-state index contributed by atoms with van der Waals surface area (Å²) in [6, 6.07) is 30.9. The number of rotatable bonds is 8. The number of para-hydroxylation sites is 2. The van der Waals surface area contributed by atoms with Crippen LogP contribution in [0.4, 0.5) is 11.4 Å². The third-order valence-electron chi connectivity index (χ3n) is 5.88. The Morgan fingerprint density at radius 2 is 1.62 bits per heavy atom. The first kappa shape index (κ1) is 25.8. The summed E-state index contributed by atoms with van der Waals surface area (Å²) in [5, 5.41) is 9.64. The van der Waals surface area contributed by atoms with E-state index in [1.54, 1.807) is 30.2 Å². The van der Waals surface area contributed by atoms with Crippen molar-refractivity contribution in [3.05, 3.63) is 125 Å². The minimum absolute atomic E-state index is 0.162. The average molecular weight is 537 g/mol. The molecule has 0 radical (unpaired) electrons. The second-order valence-corrected chi connectivity index (χ2v) is 9.53. The first-order chi connectivity index (χ1) is 19.0. The smallest absolute Gasteiger partial charge is 0.335 e. The van der Waals surface area contributed by atoms with E-state index in [0.717, 1.165) is 22.5 Å². The van der Waals surface area contributed by atoms with E-state index in [4.69, 9.17) is 19.6 Å². The van der Waals surface area contributed by atoms with Crippen molar-refractivity contribution in [2.45, 2.75) is 6.61 Å². The van der Waals surface area contributed by atoms with Gasteiger partial charge in [0.1, 0.15) is 6.61 Å². The number of aromatic carboxylic acids is 1. The highest BCUT2D eigenvalue weighted by Gasteiger charge is 2.34. The fraction of sp³-hybridized carbons (Fsp3) is 0.0645. The number of anilines is 1. The fourth-order valence-electron chi connectivity index (χ4n) is 3.92. The van der Waals surface area contributed by atoms with Crippen LogP contribution in [0.5, 0.6) is 11.5 Å². The van der Waals surface area contributed by atoms with Gasteiger partial charge in [-0.25, -0.2) is 9.79 Å². The van der Waals surface area contributed by atoms with Crippen LogP contribution in [-0.4, -0.2) is 29.3 Å². The highest BCUT2D eigenvalue weighted by atomic mass is 32.2. The quantitative estimate of drug-likeness (QED) is 0.250. The number of carbonyl (C=O) groups is 2. The Labute approximate surface area is 230 Å². The summed E-state index contributed by atoms with van der Waals surface area (Å²) in [4.78, 5) is 31.5. The number of hydrogen-bond acceptors (Lipinski definition) is 6. The van der Waals surface area contributed by atoms with Gasteiger partial charge < -0.3 is 14.6 Å². The van der Waals surface area contributed by atoms with Crippen LogP contribution in [0.25, 0.3) is 6.08 Å². The molecule has 1 fully saturated rings. The summed E-state index contributed by atoms with van der Waals surface area (Å²) in [6.45, 7) is 0.246. The maximum absolute atomic E-state index is 13.5. The van der Waals surface area contributed by atoms with E-state index in [0.29, 0.717) is 21.6 Å². The lowest BCUT2D eigenvalue weighted by Crippen LogP contribution is -2.28. The molecule has 0 bridgehead atoms. The minimum Gasteiger partial charge on any atom is -0.493 e. The highest BCUT2D eigenvalue weighted by Crippen LogP contribution is 2.38. The van der Waals surface area contributed by atoms with E-state index >= 15 is 0 Å². The molecule has 1 aliphatic heterocycles. The predicted octanol–water partition coefficient (Wildman–Crippen LogP) is 6.78. The Bertz CT molecular complexity index is 1550. The Kier molecular flexibility index (Phi) is 7.75. The predicted molar refractivity (Wildman–Crippen MR) is 154 cm³/mol. The van der Waals surface area contributed by atoms with E-state index in [-0.39, 0.29) is 18.1 Å². The molecule has 0 aliphatic carbocycles. The van der Waals surface area contributed by atoms with Gasteiger partial charge >= 0.3 is 5.97 Å². The van der Waals surface area contributed by atoms with Crippen LogP contribution in [0.1, 0.15) is 21.5 Å². The average Bonchev–Trinajstić information content (AvgIpc) is 3.27. The Hall–Kier alpha value is -4.82. The van der Waals surface area contributed by atoms with Crippen molar-refractivity contribution < 1.29 is 24.2 Å². The Balaban J connectivity index is 1.39. The number of methoxy groups -OCH3 is 1. The molecular formula is C31H24N2O5S. The first-order valence-electron chi connectivity index (χ1n) is 12.1. The number of amidine groups is 1. The molecule has 0 spiro atoms. The van der Waals surface area contributed by atoms with Gasteiger partial charge in [-0.05, 0) is 77.5 Å². The molecule has 0 aromatic heterocycles. The number of amides is 1. The van der Waals surface area contributed by atoms with Gasteiger partial charge in [-0.3, -0.25) is 9.69 Å². The van der Waals surface area contributed by atoms with Gasteiger partial charge in [-0.2, -0.15) is 0 Å². The molecule has 5 rings (SSSR count). The fourth-order valence-corrected chi connectivity index (χ4v) is 4.92. The highest BCUT2D eigenvalue weighted by molar-refractivity contribution is 8.19. The molecule has 194 valence electrons. The summed E-state index contributed by atoms with van der Waals surface area (Å²) in [7, 11) is 1.55. The lowest BCUT2D eigenvalue weighted by atomic mass is 10.1. The maximum Gasteiger partial charge on any atom is 0.335 e. The molecule has 7 nitrogen and oxygen atoms in total. The maximum atomic E-state index is 13.5. The molecule has 1 saturated heterocycles. The second kappa shape index (κ2) is 11.7. The third-order valence-corrected chi connectivity index (χ3v) is 6.85. The van der Waals surface area contributed by atoms with Gasteiger partial charge in [-0.1, -0.05) is 54.6 Å². The standard InChI is InChI=1S/C31H24N2O5S/c1-37-27-18-22(14-17-26(27)38-20-21-12-15-23(16-13-21)30(35)36)19-28-29(34)33(25-10-6-3-7-11-25)31(39-28)32-24-8-4-2-5-9-24/h2-19H,20H2,1H3,(H,35,36)/b28-19+,32-31?. The van der Waals surface area contributed by atoms with E-state index < -0.39 is 5.97 Å². The molecule has 4 aromatic rings. The van der Waals surface area contributed by atoms with Crippen LogP contribution in [0, 0.1) is 0 Å². The molecule has 1 N–H and O–H groups in total. The summed E-state index contributed by atoms with van der Waals surface area (Å²) >= 11 is 1.31. The number of nitrogens with zero attached hydrogens (tertiary/aromatic N) is 2. The third kappa shape index (κ3) is 6.02. The van der Waals surface area contributed by atoms with Gasteiger partial charge in [0.05, 0.1) is 29.0 Å². The molecule has 1 amide bonds. The number of benzene rings is 4. The van der Waals surface area contributed by atoms with Crippen molar-refractivity contribution >= 4 is 46.3 Å². The summed E-state index contributed by atoms with van der Waals surface area (Å²) in [5.41, 5.74) is 3.32. The van der Waals surface area contributed by atoms with Gasteiger partial charge in [0, 0.05) is 0 Å². The van der Waals surface area contributed by atoms with Crippen LogP contribution in [0.15, 0.2) is 113 Å². The molecule has 0 unspecified atom stereocenters. The van der Waals surface area contributed by atoms with Crippen molar-refractivity contribution in [2.75, 3.05) is 12.0 Å². The van der Waals surface area contributed by atoms with Crippen LogP contribution >= 0.6 is 11.8 Å². The zero-order valence-corrected chi connectivity index (χ0v) is 21.8. The number of hydrogen-bond donors (Lipinski definition) is 1. The molecule has 4 aromatic carbocycles. The zero-order chi connectivity index (χ0) is 27.2. The molecule has 0 saturated carbocycles. The van der Waals surface area contributed by atoms with Crippen molar-refractivity contribution in [1.29, 1.82) is 0 Å². The van der Waals surface area contributed by atoms with E-state index in [1.807, 2.05) is 78.9 Å². The number of thioether (sulfide) groups is 1. The Morgan fingerprint density at radius 3 is 2.28 bits per heavy atom. The monoisotopic (exact) mass is 536 g/mol. The number of carboxylic acid groups (broad SMARTS) is 1. The van der Waals surface area contributed by atoms with Crippen molar-refractivity contribution in [3.8, 4) is 11.5 Å². The number of aliphatic imine (C=N–C) groups is 1. The van der Waals surface area contributed by atoms with Crippen LogP contribution in [0.2, 0.25) is 0 Å². The number of carbonyl (C=O) groups excluding carboxylic acids is 1. The topological polar surface area (TPSA) is 88.4 Å². The lowest BCUT2D eigenvalue weighted by molar-refractivity contribution is -0.113. The lowest BCUT2D eigenvalue weighted by Gasteiger charge is -2.15. The second-order valence-electron chi connectivity index (χ2n) is 8.52. The minimum atomic E-state index is -0.974. The summed E-state index contributed by atoms with van der Waals surface area (Å²) in [5.74, 6) is -0.0901. The SMILES string of the molecule is COc1cc(/C=C2/SC(=Nc3ccccc3)N(c3ccccc3)C2=O)ccc1OCc1ccc(C(=O)O)cc1. The number of carboxylic acids is 1. The molecule has 1 heterocycles. The molecule has 8 heteroatoms. The van der Waals surface area contributed by atoms with Gasteiger partial charge in [0.15, 0.2) is 16.7 Å². The zero-order valence-electron chi connectivity index (χ0n) is 21.0. The summed E-state index contributed by atoms with van der Waals surface area (Å²) < 4.78 is 11.5. The Morgan fingerprint density at radius 1 is 0.923 bits per heavy atom. The van der Waals surface area contributed by atoms with Crippen LogP contribution in [0.3, 0.4) is 0 Å². The molecular weight excluding hydrogens is 512 g/mol. The van der Waals surface area contributed by atoms with Crippen molar-refractivity contribution in [2.24, 2.45) is 4.99 Å². The van der Waals surface area contributed by atoms with Crippen molar-refractivity contribution in [1.82, 2.24) is 0 Å². The normalized spacial score (nSPS) is 15.1. The van der Waals surface area contributed by atoms with Crippen molar-refractivity contribution in [3.63, 3.8) is 0 Å². The van der Waals surface area contributed by atoms with Crippen LogP contribution in [-0.2, 0) is 11.4 Å². The molecule has 0 atom stereocenters. The molecule has 1 aliphatic rings. The first-order valence-corrected chi connectivity index (χ1v) is 12.9. The van der Waals surface area contributed by atoms with E-state index in [2.05, 4.69) is 0 Å². The van der Waals surface area contributed by atoms with Gasteiger partial charge in [0.25, 0.3) is 5.91 Å². The largest absolute Gasteiger partial charge is 0.493 e. The van der Waals surface area contributed by atoms with Gasteiger partial charge in [0.2, 0.25) is 0 Å². The van der Waals surface area contributed by atoms with Gasteiger partial charge in [-0.15, -0.1) is 0 Å². The summed E-state index contributed by atoms with van der Waals surface area (Å²) in [6.07, 6.45) is 1.81.